The molecule has 1 aliphatic rings. The smallest absolute Gasteiger partial charge is 0.257 e. The summed E-state index contributed by atoms with van der Waals surface area (Å²) in [5.41, 5.74) is 1.80. The van der Waals surface area contributed by atoms with Gasteiger partial charge in [0.1, 0.15) is 0 Å². The lowest BCUT2D eigenvalue weighted by Crippen LogP contribution is -2.51. The number of ether oxygens (including phenoxy) is 3. The van der Waals surface area contributed by atoms with Gasteiger partial charge < -0.3 is 29.3 Å². The molecule has 0 spiro atoms. The first-order valence-corrected chi connectivity index (χ1v) is 13.8. The fraction of sp³-hybridized carbons (Fsp3) is 0.483. The fourth-order valence-electron chi connectivity index (χ4n) is 4.26. The lowest BCUT2D eigenvalue weighted by atomic mass is 9.94. The molecule has 0 aromatic heterocycles. The molecule has 1 heterocycles. The highest BCUT2D eigenvalue weighted by Gasteiger charge is 2.29. The van der Waals surface area contributed by atoms with Crippen molar-refractivity contribution in [2.24, 2.45) is 5.41 Å². The Morgan fingerprint density at radius 3 is 1.90 bits per heavy atom. The minimum Gasteiger partial charge on any atom is -0.490 e. The van der Waals surface area contributed by atoms with E-state index in [1.54, 1.807) is 12.1 Å². The summed E-state index contributed by atoms with van der Waals surface area (Å²) in [7, 11) is 0. The number of nitrogens with zero attached hydrogens (tertiary/aromatic N) is 2. The predicted molar refractivity (Wildman–Crippen MR) is 158 cm³/mol. The quantitative estimate of drug-likeness (QED) is 0.430. The van der Waals surface area contributed by atoms with Gasteiger partial charge in [-0.05, 0) is 69.4 Å². The molecule has 212 valence electrons. The van der Waals surface area contributed by atoms with Gasteiger partial charge in [0.15, 0.2) is 16.6 Å². The molecule has 0 atom stereocenters. The summed E-state index contributed by atoms with van der Waals surface area (Å²) in [5.74, 6) is 1.14. The van der Waals surface area contributed by atoms with Crippen molar-refractivity contribution in [1.82, 2.24) is 10.2 Å². The van der Waals surface area contributed by atoms with Crippen molar-refractivity contribution in [1.29, 1.82) is 0 Å². The molecule has 1 saturated heterocycles. The average molecular weight is 557 g/mol. The van der Waals surface area contributed by atoms with E-state index in [4.69, 9.17) is 26.4 Å². The standard InChI is InChI=1S/C29H40N4O5S/c1-7-36-23-18-20(19-24(37-8-2)25(23)38-9-3)26(34)31-28(39)30-21-10-12-22(13-11-21)32-14-16-33(17-15-32)27(35)29(4,5)6/h10-13,18-19H,7-9,14-17H2,1-6H3,(H2,30,31,34,39). The molecule has 2 aromatic rings. The van der Waals surface area contributed by atoms with Gasteiger partial charge in [-0.1, -0.05) is 20.8 Å². The number of benzene rings is 2. The van der Waals surface area contributed by atoms with E-state index >= 15 is 0 Å². The monoisotopic (exact) mass is 556 g/mol. The zero-order valence-corrected chi connectivity index (χ0v) is 24.6. The molecule has 1 fully saturated rings. The lowest BCUT2D eigenvalue weighted by molar-refractivity contribution is -0.139. The van der Waals surface area contributed by atoms with E-state index < -0.39 is 5.91 Å². The molecule has 39 heavy (non-hydrogen) atoms. The van der Waals surface area contributed by atoms with Crippen molar-refractivity contribution in [2.75, 3.05) is 56.2 Å². The Labute approximate surface area is 236 Å². The topological polar surface area (TPSA) is 92.4 Å². The van der Waals surface area contributed by atoms with Gasteiger partial charge in [0.05, 0.1) is 19.8 Å². The zero-order valence-electron chi connectivity index (χ0n) is 23.8. The van der Waals surface area contributed by atoms with E-state index in [0.29, 0.717) is 55.7 Å². The van der Waals surface area contributed by atoms with Crippen LogP contribution >= 0.6 is 12.2 Å². The first-order valence-electron chi connectivity index (χ1n) is 13.4. The predicted octanol–water partition coefficient (Wildman–Crippen LogP) is 4.70. The van der Waals surface area contributed by atoms with E-state index in [2.05, 4.69) is 15.5 Å². The molecule has 2 amide bonds. The van der Waals surface area contributed by atoms with Crippen LogP contribution in [0.3, 0.4) is 0 Å². The Morgan fingerprint density at radius 1 is 0.872 bits per heavy atom. The van der Waals surface area contributed by atoms with Crippen LogP contribution in [0.2, 0.25) is 0 Å². The highest BCUT2D eigenvalue weighted by atomic mass is 32.1. The number of carbonyl (C=O) groups is 2. The van der Waals surface area contributed by atoms with E-state index in [9.17, 15) is 9.59 Å². The summed E-state index contributed by atoms with van der Waals surface area (Å²) in [6.07, 6.45) is 0. The first-order chi connectivity index (χ1) is 18.6. The Hall–Kier alpha value is -3.53. The number of rotatable bonds is 9. The van der Waals surface area contributed by atoms with Crippen LogP contribution in [0, 0.1) is 5.41 Å². The third kappa shape index (κ3) is 7.98. The number of hydrogen-bond donors (Lipinski definition) is 2. The van der Waals surface area contributed by atoms with Gasteiger partial charge in [0.2, 0.25) is 11.7 Å². The Balaban J connectivity index is 1.61. The third-order valence-electron chi connectivity index (χ3n) is 6.10. The molecular formula is C29H40N4O5S. The van der Waals surface area contributed by atoms with Gasteiger partial charge in [-0.3, -0.25) is 14.9 Å². The maximum atomic E-state index is 13.0. The molecule has 1 aliphatic heterocycles. The summed E-state index contributed by atoms with van der Waals surface area (Å²) in [6, 6.07) is 11.1. The first kappa shape index (κ1) is 30.0. The van der Waals surface area contributed by atoms with Gasteiger partial charge in [-0.25, -0.2) is 0 Å². The molecule has 2 N–H and O–H groups in total. The summed E-state index contributed by atoms with van der Waals surface area (Å²) in [5, 5.41) is 5.96. The van der Waals surface area contributed by atoms with E-state index in [1.807, 2.05) is 70.7 Å². The molecule has 0 radical (unpaired) electrons. The largest absolute Gasteiger partial charge is 0.490 e. The zero-order chi connectivity index (χ0) is 28.6. The van der Waals surface area contributed by atoms with Gasteiger partial charge in [0, 0.05) is 48.5 Å². The van der Waals surface area contributed by atoms with Crippen LogP contribution in [-0.2, 0) is 4.79 Å². The number of piperazine rings is 1. The van der Waals surface area contributed by atoms with E-state index in [1.165, 1.54) is 0 Å². The van der Waals surface area contributed by atoms with Crippen molar-refractivity contribution in [3.05, 3.63) is 42.0 Å². The van der Waals surface area contributed by atoms with Crippen molar-refractivity contribution in [2.45, 2.75) is 41.5 Å². The number of carbonyl (C=O) groups excluding carboxylic acids is 2. The number of nitrogens with one attached hydrogen (secondary N) is 2. The second kappa shape index (κ2) is 13.5. The number of thiocarbonyl (C=S) groups is 1. The molecule has 9 nitrogen and oxygen atoms in total. The maximum absolute atomic E-state index is 13.0. The molecule has 0 unspecified atom stereocenters. The van der Waals surface area contributed by atoms with Crippen molar-refractivity contribution >= 4 is 40.5 Å². The summed E-state index contributed by atoms with van der Waals surface area (Å²) in [6.45, 7) is 15.7. The van der Waals surface area contributed by atoms with Crippen LogP contribution in [0.15, 0.2) is 36.4 Å². The SMILES string of the molecule is CCOc1cc(C(=O)NC(=S)Nc2ccc(N3CCN(C(=O)C(C)(C)C)CC3)cc2)cc(OCC)c1OCC. The Kier molecular flexibility index (Phi) is 10.4. The van der Waals surface area contributed by atoms with Crippen molar-refractivity contribution < 1.29 is 23.8 Å². The van der Waals surface area contributed by atoms with Gasteiger partial charge >= 0.3 is 0 Å². The number of anilines is 2. The molecule has 0 bridgehead atoms. The molecule has 3 rings (SSSR count). The fourth-order valence-corrected chi connectivity index (χ4v) is 4.47. The van der Waals surface area contributed by atoms with E-state index in [-0.39, 0.29) is 16.4 Å². The maximum Gasteiger partial charge on any atom is 0.257 e. The number of amides is 2. The van der Waals surface area contributed by atoms with Crippen molar-refractivity contribution in [3.63, 3.8) is 0 Å². The Morgan fingerprint density at radius 2 is 1.41 bits per heavy atom. The third-order valence-corrected chi connectivity index (χ3v) is 6.30. The molecule has 2 aromatic carbocycles. The van der Waals surface area contributed by atoms with Crippen LogP contribution in [-0.4, -0.2) is 67.8 Å². The lowest BCUT2D eigenvalue weighted by Gasteiger charge is -2.38. The van der Waals surface area contributed by atoms with Crippen LogP contribution in [0.1, 0.15) is 51.9 Å². The van der Waals surface area contributed by atoms with Gasteiger partial charge in [0.25, 0.3) is 5.91 Å². The highest BCUT2D eigenvalue weighted by Crippen LogP contribution is 2.39. The average Bonchev–Trinajstić information content (AvgIpc) is 2.90. The summed E-state index contributed by atoms with van der Waals surface area (Å²) in [4.78, 5) is 29.7. The van der Waals surface area contributed by atoms with E-state index in [0.717, 1.165) is 24.5 Å². The second-order valence-electron chi connectivity index (χ2n) is 10.1. The van der Waals surface area contributed by atoms with Crippen LogP contribution in [0.25, 0.3) is 0 Å². The van der Waals surface area contributed by atoms with Gasteiger partial charge in [-0.2, -0.15) is 0 Å². The number of hydrogen-bond acceptors (Lipinski definition) is 7. The van der Waals surface area contributed by atoms with Crippen LogP contribution in [0.5, 0.6) is 17.2 Å². The summed E-state index contributed by atoms with van der Waals surface area (Å²) < 4.78 is 17.1. The van der Waals surface area contributed by atoms with Crippen molar-refractivity contribution in [3.8, 4) is 17.2 Å². The minimum atomic E-state index is -0.392. The second-order valence-corrected chi connectivity index (χ2v) is 10.5. The molecular weight excluding hydrogens is 516 g/mol. The van der Waals surface area contributed by atoms with Crippen LogP contribution < -0.4 is 29.7 Å². The molecule has 0 saturated carbocycles. The summed E-state index contributed by atoms with van der Waals surface area (Å²) >= 11 is 5.39. The highest BCUT2D eigenvalue weighted by molar-refractivity contribution is 7.80. The molecule has 10 heteroatoms. The Bertz CT molecular complexity index is 1130. The minimum absolute atomic E-state index is 0.173. The molecule has 0 aliphatic carbocycles. The van der Waals surface area contributed by atoms with Crippen LogP contribution in [0.4, 0.5) is 11.4 Å². The van der Waals surface area contributed by atoms with Gasteiger partial charge in [-0.15, -0.1) is 0 Å². The normalized spacial score (nSPS) is 13.5.